The van der Waals surface area contributed by atoms with Gasteiger partial charge in [0, 0.05) is 18.9 Å². The van der Waals surface area contributed by atoms with Crippen LogP contribution in [0, 0.1) is 11.7 Å². The van der Waals surface area contributed by atoms with Crippen LogP contribution in [0.2, 0.25) is 0 Å². The van der Waals surface area contributed by atoms with E-state index in [0.29, 0.717) is 12.5 Å². The zero-order valence-corrected chi connectivity index (χ0v) is 13.0. The summed E-state index contributed by atoms with van der Waals surface area (Å²) in [5.41, 5.74) is 2.10. The molecule has 1 atom stereocenters. The zero-order chi connectivity index (χ0) is 16.1. The maximum atomic E-state index is 13.1. The molecular formula is C19H21FN2O. The number of pyridine rings is 1. The van der Waals surface area contributed by atoms with E-state index in [1.807, 2.05) is 18.3 Å². The van der Waals surface area contributed by atoms with E-state index < -0.39 is 0 Å². The van der Waals surface area contributed by atoms with Gasteiger partial charge < -0.3 is 5.32 Å². The summed E-state index contributed by atoms with van der Waals surface area (Å²) >= 11 is 0. The number of aromatic nitrogens is 1. The molecule has 2 aromatic rings. The number of halogens is 1. The van der Waals surface area contributed by atoms with Crippen LogP contribution in [0.4, 0.5) is 4.39 Å². The molecule has 0 saturated heterocycles. The Hall–Kier alpha value is -2.23. The van der Waals surface area contributed by atoms with E-state index in [4.69, 9.17) is 0 Å². The Kier molecular flexibility index (Phi) is 5.01. The van der Waals surface area contributed by atoms with Crippen molar-refractivity contribution in [3.05, 3.63) is 65.7 Å². The summed E-state index contributed by atoms with van der Waals surface area (Å²) in [6.07, 6.45) is 7.55. The summed E-state index contributed by atoms with van der Waals surface area (Å²) in [6.45, 7) is 0.651. The Morgan fingerprint density at radius 1 is 1.26 bits per heavy atom. The van der Waals surface area contributed by atoms with Gasteiger partial charge in [-0.3, -0.25) is 9.78 Å². The average Bonchev–Trinajstić information content (AvgIpc) is 3.39. The lowest BCUT2D eigenvalue weighted by Gasteiger charge is -2.16. The van der Waals surface area contributed by atoms with Crippen LogP contribution in [-0.2, 0) is 11.2 Å². The first-order valence-corrected chi connectivity index (χ1v) is 8.16. The third-order valence-corrected chi connectivity index (χ3v) is 4.27. The molecule has 1 N–H and O–H groups in total. The molecule has 0 aliphatic heterocycles. The second-order valence-electron chi connectivity index (χ2n) is 6.12. The van der Waals surface area contributed by atoms with Gasteiger partial charge in [-0.15, -0.1) is 0 Å². The van der Waals surface area contributed by atoms with E-state index in [2.05, 4.69) is 10.3 Å². The summed E-state index contributed by atoms with van der Waals surface area (Å²) in [5.74, 6) is 0.0539. The number of carbonyl (C=O) groups is 1. The molecule has 1 aliphatic rings. The molecule has 0 bridgehead atoms. The van der Waals surface area contributed by atoms with E-state index in [0.717, 1.165) is 31.2 Å². The Morgan fingerprint density at radius 2 is 2.04 bits per heavy atom. The molecule has 0 spiro atoms. The lowest BCUT2D eigenvalue weighted by atomic mass is 9.93. The van der Waals surface area contributed by atoms with Gasteiger partial charge in [-0.25, -0.2) is 4.39 Å². The van der Waals surface area contributed by atoms with Gasteiger partial charge in [0.1, 0.15) is 5.82 Å². The van der Waals surface area contributed by atoms with Gasteiger partial charge in [0.2, 0.25) is 5.91 Å². The van der Waals surface area contributed by atoms with Crippen molar-refractivity contribution in [1.82, 2.24) is 10.3 Å². The van der Waals surface area contributed by atoms with Gasteiger partial charge in [0.25, 0.3) is 0 Å². The smallest absolute Gasteiger partial charge is 0.227 e. The summed E-state index contributed by atoms with van der Waals surface area (Å²) in [5, 5.41) is 3.03. The van der Waals surface area contributed by atoms with E-state index >= 15 is 0 Å². The van der Waals surface area contributed by atoms with Gasteiger partial charge in [-0.05, 0) is 60.9 Å². The van der Waals surface area contributed by atoms with Crippen molar-refractivity contribution < 1.29 is 9.18 Å². The summed E-state index contributed by atoms with van der Waals surface area (Å²) < 4.78 is 13.1. The fourth-order valence-electron chi connectivity index (χ4n) is 2.90. The molecule has 1 heterocycles. The Bertz CT molecular complexity index is 638. The highest BCUT2D eigenvalue weighted by Crippen LogP contribution is 2.42. The van der Waals surface area contributed by atoms with E-state index in [9.17, 15) is 9.18 Å². The largest absolute Gasteiger partial charge is 0.356 e. The van der Waals surface area contributed by atoms with Gasteiger partial charge in [-0.2, -0.15) is 0 Å². The monoisotopic (exact) mass is 312 g/mol. The number of nitrogens with one attached hydrogen (secondary N) is 1. The van der Waals surface area contributed by atoms with Gasteiger partial charge in [0.05, 0.1) is 5.92 Å². The fraction of sp³-hybridized carbons (Fsp3) is 0.368. The van der Waals surface area contributed by atoms with Crippen molar-refractivity contribution >= 4 is 5.91 Å². The maximum Gasteiger partial charge on any atom is 0.227 e. The van der Waals surface area contributed by atoms with Crippen molar-refractivity contribution in [3.63, 3.8) is 0 Å². The molecule has 1 aromatic heterocycles. The van der Waals surface area contributed by atoms with Crippen molar-refractivity contribution in [2.75, 3.05) is 6.54 Å². The number of benzene rings is 1. The lowest BCUT2D eigenvalue weighted by molar-refractivity contribution is -0.123. The van der Waals surface area contributed by atoms with E-state index in [1.54, 1.807) is 18.3 Å². The minimum atomic E-state index is -0.264. The number of rotatable bonds is 7. The van der Waals surface area contributed by atoms with Crippen LogP contribution in [0.1, 0.15) is 36.3 Å². The van der Waals surface area contributed by atoms with Crippen LogP contribution < -0.4 is 5.32 Å². The third-order valence-electron chi connectivity index (χ3n) is 4.27. The second-order valence-corrected chi connectivity index (χ2v) is 6.12. The molecule has 1 fully saturated rings. The third kappa shape index (κ3) is 4.38. The number of aryl methyl sites for hydroxylation is 1. The lowest BCUT2D eigenvalue weighted by Crippen LogP contribution is -2.31. The number of amides is 1. The van der Waals surface area contributed by atoms with Crippen LogP contribution in [0.5, 0.6) is 0 Å². The van der Waals surface area contributed by atoms with Crippen LogP contribution >= 0.6 is 0 Å². The first kappa shape index (κ1) is 15.7. The quantitative estimate of drug-likeness (QED) is 0.796. The molecule has 1 amide bonds. The topological polar surface area (TPSA) is 42.0 Å². The average molecular weight is 312 g/mol. The minimum Gasteiger partial charge on any atom is -0.356 e. The fourth-order valence-corrected chi connectivity index (χ4v) is 2.90. The van der Waals surface area contributed by atoms with Crippen molar-refractivity contribution in [1.29, 1.82) is 0 Å². The highest BCUT2D eigenvalue weighted by Gasteiger charge is 2.37. The van der Waals surface area contributed by atoms with Gasteiger partial charge >= 0.3 is 0 Å². The Balaban J connectivity index is 1.52. The molecule has 3 rings (SSSR count). The number of hydrogen-bond donors (Lipinski definition) is 1. The number of nitrogens with zero attached hydrogens (tertiary/aromatic N) is 1. The molecule has 120 valence electrons. The first-order chi connectivity index (χ1) is 11.2. The van der Waals surface area contributed by atoms with Crippen molar-refractivity contribution in [2.24, 2.45) is 5.92 Å². The zero-order valence-electron chi connectivity index (χ0n) is 13.0. The molecule has 1 aromatic carbocycles. The summed E-state index contributed by atoms with van der Waals surface area (Å²) in [6, 6.07) is 10.3. The molecule has 3 nitrogen and oxygen atoms in total. The molecule has 1 aliphatic carbocycles. The highest BCUT2D eigenvalue weighted by molar-refractivity contribution is 5.84. The molecule has 23 heavy (non-hydrogen) atoms. The SMILES string of the molecule is O=C(NCCCc1cccnc1)C(c1ccc(F)cc1)C1CC1. The molecule has 1 saturated carbocycles. The van der Waals surface area contributed by atoms with Crippen LogP contribution in [-0.4, -0.2) is 17.4 Å². The number of carbonyl (C=O) groups excluding carboxylic acids is 1. The molecule has 0 radical (unpaired) electrons. The van der Waals surface area contributed by atoms with Crippen LogP contribution in [0.15, 0.2) is 48.8 Å². The normalized spacial score (nSPS) is 15.2. The number of hydrogen-bond acceptors (Lipinski definition) is 2. The summed E-state index contributed by atoms with van der Waals surface area (Å²) in [7, 11) is 0. The molecule has 1 unspecified atom stereocenters. The first-order valence-electron chi connectivity index (χ1n) is 8.16. The van der Waals surface area contributed by atoms with Gasteiger partial charge in [-0.1, -0.05) is 18.2 Å². The Morgan fingerprint density at radius 3 is 2.70 bits per heavy atom. The van der Waals surface area contributed by atoms with Gasteiger partial charge in [0.15, 0.2) is 0 Å². The van der Waals surface area contributed by atoms with Crippen molar-refractivity contribution in [3.8, 4) is 0 Å². The minimum absolute atomic E-state index is 0.0605. The predicted octanol–water partition coefficient (Wildman–Crippen LogP) is 3.46. The Labute approximate surface area is 135 Å². The second kappa shape index (κ2) is 7.36. The van der Waals surface area contributed by atoms with E-state index in [-0.39, 0.29) is 17.6 Å². The van der Waals surface area contributed by atoms with E-state index in [1.165, 1.54) is 17.7 Å². The highest BCUT2D eigenvalue weighted by atomic mass is 19.1. The predicted molar refractivity (Wildman–Crippen MR) is 87.4 cm³/mol. The molecule has 4 heteroatoms. The molecular weight excluding hydrogens is 291 g/mol. The maximum absolute atomic E-state index is 13.1. The van der Waals surface area contributed by atoms with Crippen LogP contribution in [0.25, 0.3) is 0 Å². The summed E-state index contributed by atoms with van der Waals surface area (Å²) in [4.78, 5) is 16.6. The standard InChI is InChI=1S/C19H21FN2O/c20-17-9-7-16(8-10-17)18(15-5-6-15)19(23)22-12-2-4-14-3-1-11-21-13-14/h1,3,7-11,13,15,18H,2,4-6,12H2,(H,22,23). The van der Waals surface area contributed by atoms with Crippen LogP contribution in [0.3, 0.4) is 0 Å². The van der Waals surface area contributed by atoms with Crippen molar-refractivity contribution in [2.45, 2.75) is 31.6 Å².